The summed E-state index contributed by atoms with van der Waals surface area (Å²) in [6, 6.07) is 9.39. The van der Waals surface area contributed by atoms with E-state index in [1.807, 2.05) is 31.2 Å². The minimum atomic E-state index is -0.926. The lowest BCUT2D eigenvalue weighted by molar-refractivity contribution is -0.0730. The smallest absolute Gasteiger partial charge is 0.231 e. The van der Waals surface area contributed by atoms with Gasteiger partial charge < -0.3 is 28.8 Å². The maximum Gasteiger partial charge on any atom is 0.231 e. The number of hydrogen-bond donors (Lipinski definition) is 1. The summed E-state index contributed by atoms with van der Waals surface area (Å²) in [6.45, 7) is 2.14. The summed E-state index contributed by atoms with van der Waals surface area (Å²) in [5.41, 5.74) is 1.89. The molecule has 2 aromatic carbocycles. The van der Waals surface area contributed by atoms with Crippen LogP contribution in [0.1, 0.15) is 24.0 Å². The molecular weight excluding hydrogens is 324 g/mol. The molecule has 0 amide bonds. The van der Waals surface area contributed by atoms with Crippen LogP contribution in [-0.2, 0) is 0 Å². The molecule has 25 heavy (non-hydrogen) atoms. The monoisotopic (exact) mass is 344 g/mol. The number of ether oxygens (including phenoxy) is 5. The van der Waals surface area contributed by atoms with E-state index < -0.39 is 6.29 Å². The third-order valence-corrected chi connectivity index (χ3v) is 4.84. The van der Waals surface area contributed by atoms with Crippen molar-refractivity contribution in [3.63, 3.8) is 0 Å². The van der Waals surface area contributed by atoms with Crippen molar-refractivity contribution in [3.05, 3.63) is 41.5 Å². The van der Waals surface area contributed by atoms with Gasteiger partial charge in [-0.1, -0.05) is 13.0 Å². The fraction of sp³-hybridized carbons (Fsp3) is 0.368. The van der Waals surface area contributed by atoms with Crippen LogP contribution in [0.4, 0.5) is 0 Å². The number of rotatable bonds is 3. The van der Waals surface area contributed by atoms with Gasteiger partial charge in [-0.2, -0.15) is 0 Å². The summed E-state index contributed by atoms with van der Waals surface area (Å²) < 4.78 is 27.5. The SMILES string of the molecule is COc1ccc(C2c3cc4c(cc3OC(O)C2C)OCO4)c(OC)c1. The first-order valence-electron chi connectivity index (χ1n) is 8.12. The van der Waals surface area contributed by atoms with E-state index in [0.717, 1.165) is 11.1 Å². The molecular formula is C19H20O6. The maximum absolute atomic E-state index is 10.4. The third-order valence-electron chi connectivity index (χ3n) is 4.84. The van der Waals surface area contributed by atoms with E-state index in [1.54, 1.807) is 20.3 Å². The van der Waals surface area contributed by atoms with E-state index in [4.69, 9.17) is 23.7 Å². The van der Waals surface area contributed by atoms with Crippen LogP contribution >= 0.6 is 0 Å². The van der Waals surface area contributed by atoms with Crippen molar-refractivity contribution in [3.8, 4) is 28.7 Å². The van der Waals surface area contributed by atoms with Crippen molar-refractivity contribution in [2.75, 3.05) is 21.0 Å². The van der Waals surface area contributed by atoms with Crippen LogP contribution in [0.25, 0.3) is 0 Å². The molecule has 0 radical (unpaired) electrons. The molecule has 0 fully saturated rings. The Morgan fingerprint density at radius 2 is 1.72 bits per heavy atom. The molecule has 0 spiro atoms. The molecule has 0 bridgehead atoms. The number of fused-ring (bicyclic) bond motifs is 2. The van der Waals surface area contributed by atoms with Gasteiger partial charge in [0.15, 0.2) is 11.5 Å². The first kappa shape index (κ1) is 15.9. The highest BCUT2D eigenvalue weighted by Gasteiger charge is 2.38. The molecule has 2 aliphatic rings. The fourth-order valence-electron chi connectivity index (χ4n) is 3.50. The second kappa shape index (κ2) is 6.04. The van der Waals surface area contributed by atoms with Gasteiger partial charge in [0.05, 0.1) is 14.2 Å². The van der Waals surface area contributed by atoms with E-state index in [2.05, 4.69) is 0 Å². The van der Waals surface area contributed by atoms with Crippen LogP contribution in [0, 0.1) is 5.92 Å². The second-order valence-corrected chi connectivity index (χ2v) is 6.20. The van der Waals surface area contributed by atoms with Gasteiger partial charge in [-0.3, -0.25) is 0 Å². The molecule has 0 aromatic heterocycles. The highest BCUT2D eigenvalue weighted by Crippen LogP contribution is 2.50. The minimum absolute atomic E-state index is 0.117. The molecule has 3 unspecified atom stereocenters. The van der Waals surface area contributed by atoms with Crippen molar-refractivity contribution in [2.45, 2.75) is 19.1 Å². The second-order valence-electron chi connectivity index (χ2n) is 6.20. The van der Waals surface area contributed by atoms with Crippen LogP contribution in [-0.4, -0.2) is 32.4 Å². The quantitative estimate of drug-likeness (QED) is 0.923. The van der Waals surface area contributed by atoms with Crippen LogP contribution in [0.15, 0.2) is 30.3 Å². The first-order valence-corrected chi connectivity index (χ1v) is 8.12. The van der Waals surface area contributed by atoms with Crippen molar-refractivity contribution in [1.82, 2.24) is 0 Å². The van der Waals surface area contributed by atoms with Crippen molar-refractivity contribution in [2.24, 2.45) is 5.92 Å². The summed E-state index contributed by atoms with van der Waals surface area (Å²) >= 11 is 0. The van der Waals surface area contributed by atoms with Crippen molar-refractivity contribution < 1.29 is 28.8 Å². The Bertz CT molecular complexity index is 803. The lowest BCUT2D eigenvalue weighted by Crippen LogP contribution is -2.34. The van der Waals surface area contributed by atoms with Crippen LogP contribution in [0.2, 0.25) is 0 Å². The summed E-state index contributed by atoms with van der Waals surface area (Å²) in [4.78, 5) is 0. The zero-order valence-electron chi connectivity index (χ0n) is 14.3. The molecule has 6 nitrogen and oxygen atoms in total. The number of methoxy groups -OCH3 is 2. The summed E-state index contributed by atoms with van der Waals surface area (Å²) in [5, 5.41) is 10.4. The molecule has 2 aromatic rings. The van der Waals surface area contributed by atoms with Gasteiger partial charge in [-0.15, -0.1) is 0 Å². The first-order chi connectivity index (χ1) is 12.1. The Morgan fingerprint density at radius 3 is 2.44 bits per heavy atom. The lowest BCUT2D eigenvalue weighted by atomic mass is 9.78. The van der Waals surface area contributed by atoms with E-state index in [1.165, 1.54) is 0 Å². The van der Waals surface area contributed by atoms with Crippen molar-refractivity contribution >= 4 is 0 Å². The molecule has 4 rings (SSSR count). The minimum Gasteiger partial charge on any atom is -0.497 e. The van der Waals surface area contributed by atoms with Gasteiger partial charge >= 0.3 is 0 Å². The Morgan fingerprint density at radius 1 is 0.960 bits per heavy atom. The number of hydrogen-bond acceptors (Lipinski definition) is 6. The average molecular weight is 344 g/mol. The molecule has 2 aliphatic heterocycles. The summed E-state index contributed by atoms with van der Waals surface area (Å²) in [5.74, 6) is 3.03. The van der Waals surface area contributed by atoms with Gasteiger partial charge in [-0.25, -0.2) is 0 Å². The Kier molecular flexibility index (Phi) is 3.84. The molecule has 2 heterocycles. The van der Waals surface area contributed by atoms with E-state index in [-0.39, 0.29) is 18.6 Å². The van der Waals surface area contributed by atoms with Gasteiger partial charge in [0.1, 0.15) is 17.2 Å². The van der Waals surface area contributed by atoms with Gasteiger partial charge in [-0.05, 0) is 12.1 Å². The van der Waals surface area contributed by atoms with Crippen molar-refractivity contribution in [1.29, 1.82) is 0 Å². The summed E-state index contributed by atoms with van der Waals surface area (Å²) in [7, 11) is 3.24. The van der Waals surface area contributed by atoms with E-state index in [9.17, 15) is 5.11 Å². The fourth-order valence-corrected chi connectivity index (χ4v) is 3.50. The number of aliphatic hydroxyl groups is 1. The Labute approximate surface area is 145 Å². The van der Waals surface area contributed by atoms with Gasteiger partial charge in [0, 0.05) is 35.1 Å². The highest BCUT2D eigenvalue weighted by atomic mass is 16.7. The van der Waals surface area contributed by atoms with Crippen LogP contribution in [0.3, 0.4) is 0 Å². The van der Waals surface area contributed by atoms with Crippen LogP contribution in [0.5, 0.6) is 28.7 Å². The van der Waals surface area contributed by atoms with E-state index >= 15 is 0 Å². The van der Waals surface area contributed by atoms with Gasteiger partial charge in [0.2, 0.25) is 13.1 Å². The molecule has 132 valence electrons. The molecule has 6 heteroatoms. The van der Waals surface area contributed by atoms with Gasteiger partial charge in [0.25, 0.3) is 0 Å². The maximum atomic E-state index is 10.4. The molecule has 1 N–H and O–H groups in total. The number of benzene rings is 2. The number of aliphatic hydroxyl groups excluding tert-OH is 1. The highest BCUT2D eigenvalue weighted by molar-refractivity contribution is 5.58. The molecule has 3 atom stereocenters. The summed E-state index contributed by atoms with van der Waals surface area (Å²) in [6.07, 6.45) is -0.926. The molecule has 0 aliphatic carbocycles. The Hall–Kier alpha value is -2.60. The molecule has 0 saturated carbocycles. The predicted octanol–water partition coefficient (Wildman–Crippen LogP) is 2.91. The average Bonchev–Trinajstić information content (AvgIpc) is 3.08. The molecule has 0 saturated heterocycles. The largest absolute Gasteiger partial charge is 0.497 e. The standard InChI is InChI=1S/C19H20O6/c1-10-18(12-5-4-11(21-2)6-14(12)22-3)13-7-16-17(24-9-23-16)8-15(13)25-19(10)20/h4-8,10,18-20H,9H2,1-3H3. The van der Waals surface area contributed by atoms with E-state index in [0.29, 0.717) is 28.7 Å². The zero-order chi connectivity index (χ0) is 17.6. The normalized spacial score (nSPS) is 23.6. The van der Waals surface area contributed by atoms with Crippen LogP contribution < -0.4 is 23.7 Å². The lowest BCUT2D eigenvalue weighted by Gasteiger charge is -2.36. The topological polar surface area (TPSA) is 66.4 Å². The Balaban J connectivity index is 1.87. The zero-order valence-corrected chi connectivity index (χ0v) is 14.3. The third kappa shape index (κ3) is 2.53. The predicted molar refractivity (Wildman–Crippen MR) is 89.8 cm³/mol.